The van der Waals surface area contributed by atoms with Crippen LogP contribution in [0, 0.1) is 5.82 Å². The summed E-state index contributed by atoms with van der Waals surface area (Å²) in [5, 5.41) is 18.2. The maximum atomic E-state index is 14.2. The predicted molar refractivity (Wildman–Crippen MR) is 104 cm³/mol. The first-order valence-corrected chi connectivity index (χ1v) is 9.14. The number of anilines is 3. The highest BCUT2D eigenvalue weighted by atomic mass is 19.1. The van der Waals surface area contributed by atoms with Crippen molar-refractivity contribution < 1.29 is 4.39 Å². The zero-order valence-corrected chi connectivity index (χ0v) is 15.3. The van der Waals surface area contributed by atoms with Crippen LogP contribution in [-0.2, 0) is 6.54 Å². The van der Waals surface area contributed by atoms with E-state index in [9.17, 15) is 4.39 Å². The average Bonchev–Trinajstić information content (AvgIpc) is 3.24. The van der Waals surface area contributed by atoms with Crippen LogP contribution >= 0.6 is 0 Å². The maximum Gasteiger partial charge on any atom is 0.227 e. The summed E-state index contributed by atoms with van der Waals surface area (Å²) in [4.78, 5) is 10.4. The van der Waals surface area contributed by atoms with Crippen molar-refractivity contribution in [3.8, 4) is 0 Å². The third-order valence-corrected chi connectivity index (χ3v) is 4.92. The standard InChI is InChI=1S/C19H19FN8/c1-28(10-12-3-2-4-15-13(12)8-22-25-15)19-21-9-14(20)18(24-19)23-17-7-16(26-27-17)11-5-6-11/h2-4,7-9,11H,5-6,10H2,1H3,(H,22,25)(H2,21,23,24,26,27). The quantitative estimate of drug-likeness (QED) is 0.475. The summed E-state index contributed by atoms with van der Waals surface area (Å²) in [7, 11) is 1.87. The molecule has 3 N–H and O–H groups in total. The lowest BCUT2D eigenvalue weighted by Crippen LogP contribution is -2.20. The molecule has 9 heteroatoms. The van der Waals surface area contributed by atoms with Crippen LogP contribution in [0.4, 0.5) is 22.0 Å². The number of fused-ring (bicyclic) bond motifs is 1. The largest absolute Gasteiger partial charge is 0.339 e. The summed E-state index contributed by atoms with van der Waals surface area (Å²) in [6.07, 6.45) is 5.31. The summed E-state index contributed by atoms with van der Waals surface area (Å²) in [5.74, 6) is 1.10. The van der Waals surface area contributed by atoms with Gasteiger partial charge >= 0.3 is 0 Å². The molecule has 0 amide bonds. The van der Waals surface area contributed by atoms with Crippen LogP contribution in [0.3, 0.4) is 0 Å². The lowest BCUT2D eigenvalue weighted by molar-refractivity contribution is 0.617. The summed E-state index contributed by atoms with van der Waals surface area (Å²) >= 11 is 0. The Morgan fingerprint density at radius 1 is 1.25 bits per heavy atom. The normalized spacial score (nSPS) is 13.8. The Labute approximate surface area is 160 Å². The van der Waals surface area contributed by atoms with Gasteiger partial charge in [-0.05, 0) is 24.5 Å². The Kier molecular flexibility index (Phi) is 3.92. The van der Waals surface area contributed by atoms with E-state index in [4.69, 9.17) is 0 Å². The lowest BCUT2D eigenvalue weighted by Gasteiger charge is -2.18. The van der Waals surface area contributed by atoms with E-state index in [1.165, 1.54) is 19.0 Å². The second-order valence-corrected chi connectivity index (χ2v) is 7.08. The molecule has 1 aromatic carbocycles. The molecule has 1 aliphatic carbocycles. The van der Waals surface area contributed by atoms with Gasteiger partial charge < -0.3 is 10.2 Å². The van der Waals surface area contributed by atoms with Gasteiger partial charge in [0.25, 0.3) is 0 Å². The van der Waals surface area contributed by atoms with Crippen molar-refractivity contribution in [2.45, 2.75) is 25.3 Å². The Balaban J connectivity index is 1.37. The molecule has 0 saturated heterocycles. The van der Waals surface area contributed by atoms with E-state index in [-0.39, 0.29) is 5.82 Å². The SMILES string of the molecule is CN(Cc1cccc2[nH]ncc12)c1ncc(F)c(Nc2cc(C3CC3)[nH]n2)n1. The molecule has 0 radical (unpaired) electrons. The Hall–Kier alpha value is -3.49. The van der Waals surface area contributed by atoms with E-state index < -0.39 is 5.82 Å². The average molecular weight is 378 g/mol. The van der Waals surface area contributed by atoms with Gasteiger partial charge in [-0.2, -0.15) is 15.2 Å². The predicted octanol–water partition coefficient (Wildman–Crippen LogP) is 3.47. The summed E-state index contributed by atoms with van der Waals surface area (Å²) < 4.78 is 14.2. The molecule has 28 heavy (non-hydrogen) atoms. The number of nitrogens with one attached hydrogen (secondary N) is 3. The second kappa shape index (κ2) is 6.59. The van der Waals surface area contributed by atoms with Gasteiger partial charge in [0.1, 0.15) is 0 Å². The van der Waals surface area contributed by atoms with E-state index in [0.29, 0.717) is 24.2 Å². The van der Waals surface area contributed by atoms with Gasteiger partial charge in [-0.15, -0.1) is 0 Å². The minimum atomic E-state index is -0.523. The third-order valence-electron chi connectivity index (χ3n) is 4.92. The summed E-state index contributed by atoms with van der Waals surface area (Å²) in [5.41, 5.74) is 3.12. The smallest absolute Gasteiger partial charge is 0.227 e. The van der Waals surface area contributed by atoms with E-state index in [1.807, 2.05) is 36.2 Å². The van der Waals surface area contributed by atoms with Gasteiger partial charge in [-0.3, -0.25) is 10.2 Å². The van der Waals surface area contributed by atoms with Crippen molar-refractivity contribution in [3.05, 3.63) is 53.7 Å². The highest BCUT2D eigenvalue weighted by Crippen LogP contribution is 2.39. The number of halogens is 1. The molecule has 0 bridgehead atoms. The van der Waals surface area contributed by atoms with Crippen LogP contribution in [-0.4, -0.2) is 37.4 Å². The summed E-state index contributed by atoms with van der Waals surface area (Å²) in [6, 6.07) is 7.88. The lowest BCUT2D eigenvalue weighted by atomic mass is 10.1. The monoisotopic (exact) mass is 378 g/mol. The van der Waals surface area contributed by atoms with Crippen LogP contribution in [0.2, 0.25) is 0 Å². The third kappa shape index (κ3) is 3.15. The van der Waals surface area contributed by atoms with Gasteiger partial charge in [0.15, 0.2) is 17.5 Å². The zero-order valence-electron chi connectivity index (χ0n) is 15.3. The minimum Gasteiger partial charge on any atom is -0.339 e. The molecule has 3 heterocycles. The Morgan fingerprint density at radius 3 is 3.00 bits per heavy atom. The molecule has 5 rings (SSSR count). The maximum absolute atomic E-state index is 14.2. The van der Waals surface area contributed by atoms with E-state index >= 15 is 0 Å². The highest BCUT2D eigenvalue weighted by molar-refractivity contribution is 5.81. The van der Waals surface area contributed by atoms with E-state index in [2.05, 4.69) is 35.7 Å². The first kappa shape index (κ1) is 16.7. The molecule has 0 aliphatic heterocycles. The van der Waals surface area contributed by atoms with Crippen LogP contribution in [0.5, 0.6) is 0 Å². The molecule has 142 valence electrons. The molecule has 4 aromatic rings. The van der Waals surface area contributed by atoms with Crippen molar-refractivity contribution in [2.75, 3.05) is 17.3 Å². The first-order chi connectivity index (χ1) is 13.7. The van der Waals surface area contributed by atoms with Crippen molar-refractivity contribution in [1.29, 1.82) is 0 Å². The number of hydrogen-bond donors (Lipinski definition) is 3. The fourth-order valence-corrected chi connectivity index (χ4v) is 3.25. The molecule has 1 aliphatic rings. The number of aromatic amines is 2. The van der Waals surface area contributed by atoms with Crippen molar-refractivity contribution in [1.82, 2.24) is 30.4 Å². The van der Waals surface area contributed by atoms with Crippen LogP contribution < -0.4 is 10.2 Å². The van der Waals surface area contributed by atoms with Gasteiger partial charge in [0.05, 0.1) is 17.9 Å². The fourth-order valence-electron chi connectivity index (χ4n) is 3.25. The Bertz CT molecular complexity index is 1130. The van der Waals surface area contributed by atoms with Crippen molar-refractivity contribution in [3.63, 3.8) is 0 Å². The van der Waals surface area contributed by atoms with Gasteiger partial charge in [0.2, 0.25) is 5.95 Å². The minimum absolute atomic E-state index is 0.104. The number of nitrogens with zero attached hydrogens (tertiary/aromatic N) is 5. The second-order valence-electron chi connectivity index (χ2n) is 7.08. The number of hydrogen-bond acceptors (Lipinski definition) is 6. The van der Waals surface area contributed by atoms with E-state index in [1.54, 1.807) is 6.20 Å². The molecular formula is C19H19FN8. The van der Waals surface area contributed by atoms with Gasteiger partial charge in [-0.1, -0.05) is 12.1 Å². The summed E-state index contributed by atoms with van der Waals surface area (Å²) in [6.45, 7) is 0.566. The fraction of sp³-hybridized carbons (Fsp3) is 0.263. The number of aromatic nitrogens is 6. The van der Waals surface area contributed by atoms with Crippen LogP contribution in [0.1, 0.15) is 30.0 Å². The molecule has 1 saturated carbocycles. The van der Waals surface area contributed by atoms with Crippen molar-refractivity contribution >= 4 is 28.5 Å². The highest BCUT2D eigenvalue weighted by Gasteiger charge is 2.25. The zero-order chi connectivity index (χ0) is 19.1. The van der Waals surface area contributed by atoms with Crippen molar-refractivity contribution in [2.24, 2.45) is 0 Å². The first-order valence-electron chi connectivity index (χ1n) is 9.14. The molecule has 8 nitrogen and oxygen atoms in total. The van der Waals surface area contributed by atoms with Crippen LogP contribution in [0.25, 0.3) is 10.9 Å². The van der Waals surface area contributed by atoms with E-state index in [0.717, 1.165) is 22.2 Å². The molecule has 1 fully saturated rings. The topological polar surface area (TPSA) is 98.4 Å². The molecule has 3 aromatic heterocycles. The number of benzene rings is 1. The molecular weight excluding hydrogens is 359 g/mol. The van der Waals surface area contributed by atoms with Gasteiger partial charge in [0, 0.05) is 36.7 Å². The Morgan fingerprint density at radius 2 is 2.14 bits per heavy atom. The molecule has 0 atom stereocenters. The number of rotatable bonds is 6. The molecule has 0 unspecified atom stereocenters. The molecule has 0 spiro atoms. The number of H-pyrrole nitrogens is 2. The van der Waals surface area contributed by atoms with Crippen LogP contribution in [0.15, 0.2) is 36.7 Å². The van der Waals surface area contributed by atoms with Gasteiger partial charge in [-0.25, -0.2) is 9.37 Å².